The number of carbonyl (C=O) groups is 2. The van der Waals surface area contributed by atoms with Gasteiger partial charge in [0.25, 0.3) is 0 Å². The second kappa shape index (κ2) is 7.27. The Balaban J connectivity index is 2.25. The van der Waals surface area contributed by atoms with Crippen LogP contribution in [0.1, 0.15) is 20.7 Å². The Hall–Kier alpha value is -3.34. The van der Waals surface area contributed by atoms with E-state index in [1.165, 1.54) is 14.2 Å². The number of ether oxygens (including phenoxy) is 3. The normalized spacial score (nSPS) is 10.4. The van der Waals surface area contributed by atoms with Gasteiger partial charge in [-0.25, -0.2) is 9.59 Å². The van der Waals surface area contributed by atoms with E-state index in [-0.39, 0.29) is 0 Å². The summed E-state index contributed by atoms with van der Waals surface area (Å²) in [6.45, 7) is 0. The van der Waals surface area contributed by atoms with Crippen molar-refractivity contribution in [3.05, 3.63) is 65.7 Å². The van der Waals surface area contributed by atoms with Gasteiger partial charge in [-0.05, 0) is 46.7 Å². The van der Waals surface area contributed by atoms with E-state index in [1.54, 1.807) is 25.3 Å². The van der Waals surface area contributed by atoms with Gasteiger partial charge in [0.05, 0.1) is 32.5 Å². The monoisotopic (exact) mass is 350 g/mol. The summed E-state index contributed by atoms with van der Waals surface area (Å²) in [5.41, 5.74) is 1.83. The first-order valence-corrected chi connectivity index (χ1v) is 7.97. The molecule has 3 rings (SSSR count). The van der Waals surface area contributed by atoms with Crippen molar-refractivity contribution in [2.45, 2.75) is 0 Å². The first kappa shape index (κ1) is 17.5. The summed E-state index contributed by atoms with van der Waals surface area (Å²) >= 11 is 0. The van der Waals surface area contributed by atoms with Crippen LogP contribution in [0.3, 0.4) is 0 Å². The fourth-order valence-electron chi connectivity index (χ4n) is 2.93. The van der Waals surface area contributed by atoms with Crippen LogP contribution in [-0.4, -0.2) is 33.3 Å². The van der Waals surface area contributed by atoms with Crippen LogP contribution < -0.4 is 4.74 Å². The van der Waals surface area contributed by atoms with E-state index in [4.69, 9.17) is 14.2 Å². The zero-order valence-corrected chi connectivity index (χ0v) is 14.7. The van der Waals surface area contributed by atoms with Crippen molar-refractivity contribution in [1.82, 2.24) is 0 Å². The Morgan fingerprint density at radius 3 is 1.88 bits per heavy atom. The molecule has 26 heavy (non-hydrogen) atoms. The van der Waals surface area contributed by atoms with Gasteiger partial charge < -0.3 is 14.2 Å². The minimum absolute atomic E-state index is 0.309. The lowest BCUT2D eigenvalue weighted by atomic mass is 9.92. The van der Waals surface area contributed by atoms with Gasteiger partial charge in [0.2, 0.25) is 0 Å². The summed E-state index contributed by atoms with van der Waals surface area (Å²) in [5, 5.41) is 1.95. The first-order valence-electron chi connectivity index (χ1n) is 7.97. The number of benzene rings is 3. The average Bonchev–Trinajstić information content (AvgIpc) is 2.71. The number of hydrogen-bond acceptors (Lipinski definition) is 5. The second-order valence-corrected chi connectivity index (χ2v) is 5.64. The van der Waals surface area contributed by atoms with Gasteiger partial charge in [-0.2, -0.15) is 0 Å². The molecule has 0 saturated heterocycles. The highest BCUT2D eigenvalue weighted by Crippen LogP contribution is 2.32. The van der Waals surface area contributed by atoms with Crippen LogP contribution >= 0.6 is 0 Å². The summed E-state index contributed by atoms with van der Waals surface area (Å²) < 4.78 is 15.0. The molecule has 5 nitrogen and oxygen atoms in total. The fourth-order valence-corrected chi connectivity index (χ4v) is 2.93. The molecule has 0 spiro atoms. The Morgan fingerprint density at radius 2 is 1.31 bits per heavy atom. The number of fused-ring (bicyclic) bond motifs is 1. The maximum Gasteiger partial charge on any atom is 0.338 e. The fraction of sp³-hybridized carbons (Fsp3) is 0.143. The molecule has 0 bridgehead atoms. The van der Waals surface area contributed by atoms with E-state index in [2.05, 4.69) is 0 Å². The Labute approximate surface area is 151 Å². The first-order chi connectivity index (χ1) is 12.6. The zero-order valence-electron chi connectivity index (χ0n) is 14.7. The second-order valence-electron chi connectivity index (χ2n) is 5.64. The molecule has 3 aromatic rings. The van der Waals surface area contributed by atoms with E-state index in [0.29, 0.717) is 16.7 Å². The molecule has 0 aliphatic carbocycles. The number of esters is 2. The predicted octanol–water partition coefficient (Wildman–Crippen LogP) is 4.09. The molecular weight excluding hydrogens is 332 g/mol. The third-order valence-corrected chi connectivity index (χ3v) is 4.21. The molecule has 5 heteroatoms. The smallest absolute Gasteiger partial charge is 0.338 e. The van der Waals surface area contributed by atoms with Crippen LogP contribution in [0.4, 0.5) is 0 Å². The van der Waals surface area contributed by atoms with Crippen molar-refractivity contribution in [2.24, 2.45) is 0 Å². The van der Waals surface area contributed by atoms with Gasteiger partial charge in [0, 0.05) is 5.56 Å². The molecule has 0 unspecified atom stereocenters. The Bertz CT molecular complexity index is 957. The molecule has 0 amide bonds. The average molecular weight is 350 g/mol. The molecule has 0 atom stereocenters. The van der Waals surface area contributed by atoms with Crippen LogP contribution in [0.5, 0.6) is 5.75 Å². The van der Waals surface area contributed by atoms with Gasteiger partial charge in [-0.1, -0.05) is 24.3 Å². The van der Waals surface area contributed by atoms with Crippen molar-refractivity contribution in [2.75, 3.05) is 21.3 Å². The Morgan fingerprint density at radius 1 is 0.731 bits per heavy atom. The highest BCUT2D eigenvalue weighted by atomic mass is 16.5. The van der Waals surface area contributed by atoms with Gasteiger partial charge in [-0.3, -0.25) is 0 Å². The number of rotatable bonds is 4. The molecule has 0 N–H and O–H groups in total. The zero-order chi connectivity index (χ0) is 18.7. The summed E-state index contributed by atoms with van der Waals surface area (Å²) in [6, 6.07) is 16.3. The van der Waals surface area contributed by atoms with Gasteiger partial charge in [0.1, 0.15) is 5.75 Å². The topological polar surface area (TPSA) is 61.8 Å². The minimum Gasteiger partial charge on any atom is -0.497 e. The molecule has 132 valence electrons. The quantitative estimate of drug-likeness (QED) is 0.663. The van der Waals surface area contributed by atoms with E-state index < -0.39 is 11.9 Å². The molecule has 0 heterocycles. The molecule has 0 aromatic heterocycles. The van der Waals surface area contributed by atoms with Crippen molar-refractivity contribution >= 4 is 22.7 Å². The molecule has 0 aliphatic rings. The number of methoxy groups -OCH3 is 3. The lowest BCUT2D eigenvalue weighted by molar-refractivity contribution is 0.0601. The highest BCUT2D eigenvalue weighted by molar-refractivity contribution is 6.07. The number of carbonyl (C=O) groups excluding carboxylic acids is 2. The molecular formula is C21H18O5. The standard InChI is InChI=1S/C21H18O5/c1-24-16-10-9-13-11-15(8-7-14(13)12-16)19-17(20(22)25-2)5-4-6-18(19)21(23)26-3/h4-12H,1-3H3. The van der Waals surface area contributed by atoms with Crippen molar-refractivity contribution < 1.29 is 23.8 Å². The maximum absolute atomic E-state index is 12.2. The van der Waals surface area contributed by atoms with E-state index in [9.17, 15) is 9.59 Å². The molecule has 0 saturated carbocycles. The van der Waals surface area contributed by atoms with Crippen molar-refractivity contribution in [1.29, 1.82) is 0 Å². The summed E-state index contributed by atoms with van der Waals surface area (Å²) in [4.78, 5) is 24.5. The molecule has 0 radical (unpaired) electrons. The predicted molar refractivity (Wildman–Crippen MR) is 98.6 cm³/mol. The van der Waals surface area contributed by atoms with Crippen LogP contribution in [-0.2, 0) is 9.47 Å². The lowest BCUT2D eigenvalue weighted by Gasteiger charge is -2.13. The molecule has 0 aliphatic heterocycles. The van der Waals surface area contributed by atoms with E-state index in [1.807, 2.05) is 36.4 Å². The number of hydrogen-bond donors (Lipinski definition) is 0. The van der Waals surface area contributed by atoms with Gasteiger partial charge >= 0.3 is 11.9 Å². The van der Waals surface area contributed by atoms with Crippen LogP contribution in [0, 0.1) is 0 Å². The molecule has 3 aromatic carbocycles. The maximum atomic E-state index is 12.2. The Kier molecular flexibility index (Phi) is 4.89. The third kappa shape index (κ3) is 3.11. The van der Waals surface area contributed by atoms with Gasteiger partial charge in [-0.15, -0.1) is 0 Å². The summed E-state index contributed by atoms with van der Waals surface area (Å²) in [5.74, 6) is -0.267. The minimum atomic E-state index is -0.513. The van der Waals surface area contributed by atoms with Crippen LogP contribution in [0.25, 0.3) is 21.9 Å². The SMILES string of the molecule is COC(=O)c1cccc(C(=O)OC)c1-c1ccc2cc(OC)ccc2c1. The van der Waals surface area contributed by atoms with Crippen LogP contribution in [0.2, 0.25) is 0 Å². The van der Waals surface area contributed by atoms with Crippen LogP contribution in [0.15, 0.2) is 54.6 Å². The highest BCUT2D eigenvalue weighted by Gasteiger charge is 2.21. The summed E-state index contributed by atoms with van der Waals surface area (Å²) in [7, 11) is 4.23. The largest absolute Gasteiger partial charge is 0.497 e. The van der Waals surface area contributed by atoms with Crippen molar-refractivity contribution in [3.8, 4) is 16.9 Å². The van der Waals surface area contributed by atoms with Gasteiger partial charge in [0.15, 0.2) is 0 Å². The van der Waals surface area contributed by atoms with Crippen molar-refractivity contribution in [3.63, 3.8) is 0 Å². The lowest BCUT2D eigenvalue weighted by Crippen LogP contribution is -2.10. The summed E-state index contributed by atoms with van der Waals surface area (Å²) in [6.07, 6.45) is 0. The van der Waals surface area contributed by atoms with E-state index >= 15 is 0 Å². The van der Waals surface area contributed by atoms with E-state index in [0.717, 1.165) is 22.1 Å². The third-order valence-electron chi connectivity index (χ3n) is 4.21. The molecule has 0 fully saturated rings.